The molecule has 3 N–H and O–H groups in total. The van der Waals surface area contributed by atoms with E-state index in [9.17, 15) is 13.2 Å². The van der Waals surface area contributed by atoms with Gasteiger partial charge in [-0.3, -0.25) is 20.0 Å². The van der Waals surface area contributed by atoms with E-state index < -0.39 is 15.9 Å². The van der Waals surface area contributed by atoms with E-state index in [1.165, 1.54) is 0 Å². The first-order valence-electron chi connectivity index (χ1n) is 7.97. The molecule has 0 aliphatic rings. The number of carbonyl (C=O) groups is 1. The lowest BCUT2D eigenvalue weighted by atomic mass is 10.1. The van der Waals surface area contributed by atoms with E-state index >= 15 is 0 Å². The molecule has 140 valence electrons. The Labute approximate surface area is 155 Å². The molecule has 0 atom stereocenters. The molecule has 0 heterocycles. The monoisotopic (exact) mass is 386 g/mol. The number of hydrazine groups is 1. The summed E-state index contributed by atoms with van der Waals surface area (Å²) in [7, 11) is -3.60. The Bertz CT molecular complexity index is 705. The number of hydrogen-bond donors (Lipinski definition) is 3. The minimum absolute atomic E-state index is 0.288. The number of amides is 1. The molecule has 0 saturated heterocycles. The van der Waals surface area contributed by atoms with Gasteiger partial charge in [0.05, 0.1) is 11.9 Å². The molecular weight excluding hydrogens is 360 g/mol. The normalized spacial score (nSPS) is 11.1. The molecule has 0 bridgehead atoms. The fraction of sp³-hybridized carbons (Fsp3) is 0.500. The van der Waals surface area contributed by atoms with Crippen LogP contribution in [0.4, 0.5) is 5.69 Å². The van der Waals surface area contributed by atoms with Crippen LogP contribution in [0.3, 0.4) is 0 Å². The molecule has 0 radical (unpaired) electrons. The summed E-state index contributed by atoms with van der Waals surface area (Å²) < 4.78 is 25.2. The summed E-state index contributed by atoms with van der Waals surface area (Å²) in [6.07, 6.45) is 2.02. The van der Waals surface area contributed by atoms with E-state index in [1.54, 1.807) is 25.1 Å². The quantitative estimate of drug-likeness (QED) is 0.483. The van der Waals surface area contributed by atoms with Crippen LogP contribution < -0.4 is 20.5 Å². The molecule has 25 heavy (non-hydrogen) atoms. The van der Waals surface area contributed by atoms with E-state index in [-0.39, 0.29) is 11.7 Å². The van der Waals surface area contributed by atoms with Crippen LogP contribution in [0.15, 0.2) is 24.3 Å². The Morgan fingerprint density at radius 2 is 1.88 bits per heavy atom. The van der Waals surface area contributed by atoms with E-state index in [4.69, 9.17) is 12.2 Å². The topological polar surface area (TPSA) is 90.5 Å². The van der Waals surface area contributed by atoms with Gasteiger partial charge < -0.3 is 5.32 Å². The predicted molar refractivity (Wildman–Crippen MR) is 105 cm³/mol. The van der Waals surface area contributed by atoms with Crippen LogP contribution in [0.5, 0.6) is 0 Å². The van der Waals surface area contributed by atoms with Gasteiger partial charge in [0, 0.05) is 6.54 Å². The number of anilines is 1. The lowest BCUT2D eigenvalue weighted by Gasteiger charge is -2.23. The maximum Gasteiger partial charge on any atom is 0.259 e. The summed E-state index contributed by atoms with van der Waals surface area (Å²) in [5, 5.41) is 3.26. The fourth-order valence-corrected chi connectivity index (χ4v) is 3.11. The van der Waals surface area contributed by atoms with Crippen molar-refractivity contribution in [2.45, 2.75) is 27.2 Å². The second-order valence-electron chi connectivity index (χ2n) is 6.17. The number of hydrogen-bond acceptors (Lipinski definition) is 4. The average Bonchev–Trinajstić information content (AvgIpc) is 2.50. The van der Waals surface area contributed by atoms with Gasteiger partial charge in [-0.25, -0.2) is 8.42 Å². The van der Waals surface area contributed by atoms with Crippen LogP contribution in [-0.2, 0) is 14.8 Å². The summed E-state index contributed by atoms with van der Waals surface area (Å²) in [6, 6.07) is 6.99. The Balaban J connectivity index is 2.63. The number of sulfonamides is 1. The highest BCUT2D eigenvalue weighted by molar-refractivity contribution is 7.92. The third-order valence-corrected chi connectivity index (χ3v) is 4.77. The van der Waals surface area contributed by atoms with Gasteiger partial charge in [-0.05, 0) is 43.1 Å². The molecule has 1 amide bonds. The number of para-hydroxylation sites is 1. The number of thiocarbonyl (C=S) groups is 1. The van der Waals surface area contributed by atoms with Gasteiger partial charge in [-0.1, -0.05) is 32.0 Å². The maximum atomic E-state index is 12.1. The zero-order valence-corrected chi connectivity index (χ0v) is 16.6. The first-order chi connectivity index (χ1) is 11.6. The van der Waals surface area contributed by atoms with Crippen LogP contribution in [-0.4, -0.2) is 38.8 Å². The van der Waals surface area contributed by atoms with E-state index in [0.29, 0.717) is 18.2 Å². The molecule has 1 aromatic rings. The Morgan fingerprint density at radius 3 is 2.44 bits per heavy atom. The summed E-state index contributed by atoms with van der Waals surface area (Å²) in [5.41, 5.74) is 6.23. The molecule has 0 saturated carbocycles. The van der Waals surface area contributed by atoms with Crippen molar-refractivity contribution >= 4 is 38.9 Å². The van der Waals surface area contributed by atoms with Crippen LogP contribution in [0.1, 0.15) is 25.8 Å². The zero-order valence-electron chi connectivity index (χ0n) is 15.0. The van der Waals surface area contributed by atoms with E-state index in [2.05, 4.69) is 30.0 Å². The molecule has 0 aromatic heterocycles. The predicted octanol–water partition coefficient (Wildman–Crippen LogP) is 1.30. The van der Waals surface area contributed by atoms with Crippen molar-refractivity contribution in [1.82, 2.24) is 16.2 Å². The molecule has 0 aliphatic carbocycles. The van der Waals surface area contributed by atoms with Crippen LogP contribution in [0, 0.1) is 12.8 Å². The number of nitrogens with zero attached hydrogens (tertiary/aromatic N) is 1. The molecule has 0 fully saturated rings. The lowest BCUT2D eigenvalue weighted by Crippen LogP contribution is -2.50. The van der Waals surface area contributed by atoms with Crippen molar-refractivity contribution in [1.29, 1.82) is 0 Å². The standard InChI is InChI=1S/C16H26N4O3S2/c1-12(2)9-10-17-16(24)19-18-15(21)11-20(25(4,22)23)14-8-6-5-7-13(14)3/h5-8,12H,9-11H2,1-4H3,(H,18,21)(H2,17,19,24). The van der Waals surface area contributed by atoms with Gasteiger partial charge in [0.25, 0.3) is 5.91 Å². The largest absolute Gasteiger partial charge is 0.361 e. The van der Waals surface area contributed by atoms with Crippen LogP contribution in [0.2, 0.25) is 0 Å². The van der Waals surface area contributed by atoms with Gasteiger partial charge in [-0.2, -0.15) is 0 Å². The van der Waals surface area contributed by atoms with Crippen LogP contribution in [0.25, 0.3) is 0 Å². The Kier molecular flexibility index (Phi) is 8.11. The minimum atomic E-state index is -3.60. The number of benzene rings is 1. The highest BCUT2D eigenvalue weighted by Gasteiger charge is 2.22. The SMILES string of the molecule is Cc1ccccc1N(CC(=O)NNC(=S)NCCC(C)C)S(C)(=O)=O. The molecular formula is C16H26N4O3S2. The molecule has 7 nitrogen and oxygen atoms in total. The van der Waals surface area contributed by atoms with Crippen molar-refractivity contribution < 1.29 is 13.2 Å². The molecule has 0 unspecified atom stereocenters. The van der Waals surface area contributed by atoms with E-state index in [0.717, 1.165) is 22.5 Å². The third-order valence-electron chi connectivity index (χ3n) is 3.39. The second kappa shape index (κ2) is 9.57. The molecule has 9 heteroatoms. The first-order valence-corrected chi connectivity index (χ1v) is 10.2. The third kappa shape index (κ3) is 7.70. The first kappa shape index (κ1) is 21.2. The average molecular weight is 387 g/mol. The van der Waals surface area contributed by atoms with Gasteiger partial charge in [0.15, 0.2) is 5.11 Å². The van der Waals surface area contributed by atoms with Gasteiger partial charge >= 0.3 is 0 Å². The molecule has 0 aliphatic heterocycles. The number of carbonyl (C=O) groups excluding carboxylic acids is 1. The van der Waals surface area contributed by atoms with Crippen molar-refractivity contribution in [3.8, 4) is 0 Å². The smallest absolute Gasteiger partial charge is 0.259 e. The maximum absolute atomic E-state index is 12.1. The van der Waals surface area contributed by atoms with Gasteiger partial charge in [0.2, 0.25) is 10.0 Å². The molecule has 1 rings (SSSR count). The Morgan fingerprint density at radius 1 is 1.24 bits per heavy atom. The van der Waals surface area contributed by atoms with Crippen molar-refractivity contribution in [2.75, 3.05) is 23.7 Å². The van der Waals surface area contributed by atoms with Crippen molar-refractivity contribution in [3.05, 3.63) is 29.8 Å². The summed E-state index contributed by atoms with van der Waals surface area (Å²) >= 11 is 5.06. The van der Waals surface area contributed by atoms with Gasteiger partial charge in [-0.15, -0.1) is 0 Å². The number of aryl methyl sites for hydroxylation is 1. The highest BCUT2D eigenvalue weighted by atomic mass is 32.2. The van der Waals surface area contributed by atoms with Crippen molar-refractivity contribution in [2.24, 2.45) is 5.92 Å². The summed E-state index contributed by atoms with van der Waals surface area (Å²) in [6.45, 7) is 6.34. The summed E-state index contributed by atoms with van der Waals surface area (Å²) in [4.78, 5) is 12.1. The Hall–Kier alpha value is -1.87. The lowest BCUT2D eigenvalue weighted by molar-refractivity contribution is -0.120. The molecule has 0 spiro atoms. The number of nitrogens with one attached hydrogen (secondary N) is 3. The van der Waals surface area contributed by atoms with E-state index in [1.807, 2.05) is 6.07 Å². The van der Waals surface area contributed by atoms with Gasteiger partial charge in [0.1, 0.15) is 6.54 Å². The number of rotatable bonds is 7. The zero-order chi connectivity index (χ0) is 19.0. The molecule has 1 aromatic carbocycles. The minimum Gasteiger partial charge on any atom is -0.361 e. The highest BCUT2D eigenvalue weighted by Crippen LogP contribution is 2.21. The fourth-order valence-electron chi connectivity index (χ4n) is 2.04. The second-order valence-corrected chi connectivity index (χ2v) is 8.48. The van der Waals surface area contributed by atoms with Crippen LogP contribution >= 0.6 is 12.2 Å². The van der Waals surface area contributed by atoms with Crippen molar-refractivity contribution in [3.63, 3.8) is 0 Å². The summed E-state index contributed by atoms with van der Waals surface area (Å²) in [5.74, 6) is 0.0315.